The molecule has 23 heavy (non-hydrogen) atoms. The summed E-state index contributed by atoms with van der Waals surface area (Å²) in [6.45, 7) is 0.748. The SMILES string of the molecule is O=C(NCC(F)F)C1CCCN(c2nccc3ccccc23)C1. The third kappa shape index (κ3) is 3.57. The van der Waals surface area contributed by atoms with Crippen molar-refractivity contribution >= 4 is 22.5 Å². The van der Waals surface area contributed by atoms with Crippen LogP contribution in [0.5, 0.6) is 0 Å². The average Bonchev–Trinajstić information content (AvgIpc) is 2.59. The highest BCUT2D eigenvalue weighted by atomic mass is 19.3. The Morgan fingerprint density at radius 1 is 1.35 bits per heavy atom. The molecule has 3 rings (SSSR count). The third-order valence-corrected chi connectivity index (χ3v) is 4.17. The summed E-state index contributed by atoms with van der Waals surface area (Å²) in [6.07, 6.45) is 0.810. The summed E-state index contributed by atoms with van der Waals surface area (Å²) in [4.78, 5) is 18.6. The molecule has 1 fully saturated rings. The van der Waals surface area contributed by atoms with E-state index >= 15 is 0 Å². The average molecular weight is 319 g/mol. The number of pyridine rings is 1. The van der Waals surface area contributed by atoms with E-state index in [-0.39, 0.29) is 11.8 Å². The first-order chi connectivity index (χ1) is 11.1. The van der Waals surface area contributed by atoms with E-state index in [0.717, 1.165) is 36.0 Å². The molecule has 2 heterocycles. The lowest BCUT2D eigenvalue weighted by Crippen LogP contribution is -2.44. The summed E-state index contributed by atoms with van der Waals surface area (Å²) < 4.78 is 24.5. The lowest BCUT2D eigenvalue weighted by molar-refractivity contribution is -0.125. The van der Waals surface area contributed by atoms with Crippen molar-refractivity contribution in [3.05, 3.63) is 36.5 Å². The van der Waals surface area contributed by atoms with E-state index in [2.05, 4.69) is 15.2 Å². The highest BCUT2D eigenvalue weighted by molar-refractivity contribution is 5.92. The Morgan fingerprint density at radius 2 is 2.17 bits per heavy atom. The number of amides is 1. The van der Waals surface area contributed by atoms with Crippen LogP contribution in [0.3, 0.4) is 0 Å². The topological polar surface area (TPSA) is 45.2 Å². The third-order valence-electron chi connectivity index (χ3n) is 4.17. The number of hydrogen-bond donors (Lipinski definition) is 1. The van der Waals surface area contributed by atoms with E-state index in [1.54, 1.807) is 6.20 Å². The maximum absolute atomic E-state index is 12.2. The van der Waals surface area contributed by atoms with Crippen LogP contribution in [-0.2, 0) is 4.79 Å². The number of rotatable bonds is 4. The zero-order chi connectivity index (χ0) is 16.2. The van der Waals surface area contributed by atoms with Crippen LogP contribution < -0.4 is 10.2 Å². The lowest BCUT2D eigenvalue weighted by Gasteiger charge is -2.33. The van der Waals surface area contributed by atoms with Crippen LogP contribution in [-0.4, -0.2) is 37.0 Å². The molecule has 1 amide bonds. The van der Waals surface area contributed by atoms with Gasteiger partial charge in [-0.1, -0.05) is 24.3 Å². The minimum atomic E-state index is -2.52. The van der Waals surface area contributed by atoms with Gasteiger partial charge in [-0.2, -0.15) is 0 Å². The summed E-state index contributed by atoms with van der Waals surface area (Å²) in [5, 5.41) is 4.47. The van der Waals surface area contributed by atoms with Crippen LogP contribution in [0.4, 0.5) is 14.6 Å². The summed E-state index contributed by atoms with van der Waals surface area (Å²) in [5.41, 5.74) is 0. The van der Waals surface area contributed by atoms with Crippen molar-refractivity contribution in [2.24, 2.45) is 5.92 Å². The molecule has 122 valence electrons. The van der Waals surface area contributed by atoms with E-state index in [4.69, 9.17) is 0 Å². The van der Waals surface area contributed by atoms with Gasteiger partial charge in [0, 0.05) is 24.7 Å². The monoisotopic (exact) mass is 319 g/mol. The van der Waals surface area contributed by atoms with Gasteiger partial charge >= 0.3 is 0 Å². The van der Waals surface area contributed by atoms with Crippen LogP contribution in [0.25, 0.3) is 10.8 Å². The van der Waals surface area contributed by atoms with Gasteiger partial charge in [0.1, 0.15) is 5.82 Å². The van der Waals surface area contributed by atoms with Crippen LogP contribution in [0, 0.1) is 5.92 Å². The molecule has 2 aromatic rings. The van der Waals surface area contributed by atoms with Crippen molar-refractivity contribution in [2.45, 2.75) is 19.3 Å². The molecule has 4 nitrogen and oxygen atoms in total. The Labute approximate surface area is 133 Å². The van der Waals surface area contributed by atoms with Gasteiger partial charge in [-0.05, 0) is 24.3 Å². The second kappa shape index (κ2) is 6.89. The molecule has 1 aliphatic heterocycles. The number of nitrogens with one attached hydrogen (secondary N) is 1. The van der Waals surface area contributed by atoms with Crippen molar-refractivity contribution in [1.29, 1.82) is 0 Å². The number of nitrogens with zero attached hydrogens (tertiary/aromatic N) is 2. The van der Waals surface area contributed by atoms with Crippen molar-refractivity contribution in [1.82, 2.24) is 10.3 Å². The molecular formula is C17H19F2N3O. The minimum Gasteiger partial charge on any atom is -0.355 e. The number of fused-ring (bicyclic) bond motifs is 1. The Kier molecular flexibility index (Phi) is 4.69. The van der Waals surface area contributed by atoms with Crippen molar-refractivity contribution in [2.75, 3.05) is 24.5 Å². The molecule has 1 aromatic heterocycles. The predicted octanol–water partition coefficient (Wildman–Crippen LogP) is 2.83. The van der Waals surface area contributed by atoms with Gasteiger partial charge in [0.15, 0.2) is 0 Å². The number of alkyl halides is 2. The maximum Gasteiger partial charge on any atom is 0.255 e. The molecule has 0 bridgehead atoms. The Morgan fingerprint density at radius 3 is 3.00 bits per heavy atom. The van der Waals surface area contributed by atoms with Gasteiger partial charge in [-0.15, -0.1) is 0 Å². The molecule has 1 atom stereocenters. The van der Waals surface area contributed by atoms with Gasteiger partial charge in [0.25, 0.3) is 6.43 Å². The molecule has 0 saturated carbocycles. The van der Waals surface area contributed by atoms with E-state index in [1.165, 1.54) is 0 Å². The van der Waals surface area contributed by atoms with Crippen LogP contribution in [0.15, 0.2) is 36.5 Å². The number of anilines is 1. The largest absolute Gasteiger partial charge is 0.355 e. The molecule has 1 aromatic carbocycles. The summed E-state index contributed by atoms with van der Waals surface area (Å²) >= 11 is 0. The summed E-state index contributed by atoms with van der Waals surface area (Å²) in [7, 11) is 0. The van der Waals surface area contributed by atoms with Crippen molar-refractivity contribution in [3.8, 4) is 0 Å². The van der Waals surface area contributed by atoms with Crippen molar-refractivity contribution in [3.63, 3.8) is 0 Å². The quantitative estimate of drug-likeness (QED) is 0.942. The Bertz CT molecular complexity index is 687. The van der Waals surface area contributed by atoms with Crippen LogP contribution in [0.1, 0.15) is 12.8 Å². The van der Waals surface area contributed by atoms with E-state index in [0.29, 0.717) is 6.54 Å². The molecule has 0 aliphatic carbocycles. The zero-order valence-electron chi connectivity index (χ0n) is 12.7. The molecule has 1 aliphatic rings. The Hall–Kier alpha value is -2.24. The standard InChI is InChI=1S/C17H19F2N3O/c18-15(19)10-21-17(23)13-5-3-9-22(11-13)16-14-6-2-1-4-12(14)7-8-20-16/h1-2,4,6-8,13,15H,3,5,9-11H2,(H,21,23). The number of carbonyl (C=O) groups is 1. The van der Waals surface area contributed by atoms with E-state index in [1.807, 2.05) is 30.3 Å². The van der Waals surface area contributed by atoms with Gasteiger partial charge in [-0.3, -0.25) is 4.79 Å². The molecule has 6 heteroatoms. The second-order valence-corrected chi connectivity index (χ2v) is 5.78. The van der Waals surface area contributed by atoms with E-state index < -0.39 is 13.0 Å². The molecule has 0 spiro atoms. The van der Waals surface area contributed by atoms with Crippen molar-refractivity contribution < 1.29 is 13.6 Å². The number of piperidine rings is 1. The first-order valence-electron chi connectivity index (χ1n) is 7.79. The predicted molar refractivity (Wildman–Crippen MR) is 85.7 cm³/mol. The Balaban J connectivity index is 1.76. The number of aromatic nitrogens is 1. The number of hydrogen-bond acceptors (Lipinski definition) is 3. The molecule has 1 saturated heterocycles. The second-order valence-electron chi connectivity index (χ2n) is 5.78. The lowest BCUT2D eigenvalue weighted by atomic mass is 9.96. The minimum absolute atomic E-state index is 0.275. The fraction of sp³-hybridized carbons (Fsp3) is 0.412. The van der Waals surface area contributed by atoms with E-state index in [9.17, 15) is 13.6 Å². The fourth-order valence-electron chi connectivity index (χ4n) is 3.06. The maximum atomic E-state index is 12.2. The normalized spacial score (nSPS) is 18.4. The van der Waals surface area contributed by atoms with Gasteiger partial charge in [0.05, 0.1) is 12.5 Å². The fourth-order valence-corrected chi connectivity index (χ4v) is 3.06. The van der Waals surface area contributed by atoms with Gasteiger partial charge < -0.3 is 10.2 Å². The molecular weight excluding hydrogens is 300 g/mol. The molecule has 0 radical (unpaired) electrons. The van der Waals surface area contributed by atoms with Crippen LogP contribution >= 0.6 is 0 Å². The van der Waals surface area contributed by atoms with Gasteiger partial charge in [-0.25, -0.2) is 13.8 Å². The first kappa shape index (κ1) is 15.6. The zero-order valence-corrected chi connectivity index (χ0v) is 12.7. The highest BCUT2D eigenvalue weighted by Crippen LogP contribution is 2.28. The number of benzene rings is 1. The molecule has 1 N–H and O–H groups in total. The first-order valence-corrected chi connectivity index (χ1v) is 7.79. The summed E-state index contributed by atoms with van der Waals surface area (Å²) in [6, 6.07) is 9.93. The summed E-state index contributed by atoms with van der Waals surface area (Å²) in [5.74, 6) is 0.285. The number of halogens is 2. The number of carbonyl (C=O) groups excluding carboxylic acids is 1. The smallest absolute Gasteiger partial charge is 0.255 e. The highest BCUT2D eigenvalue weighted by Gasteiger charge is 2.27. The van der Waals surface area contributed by atoms with Gasteiger partial charge in [0.2, 0.25) is 5.91 Å². The molecule has 1 unspecified atom stereocenters. The van der Waals surface area contributed by atoms with Crippen LogP contribution in [0.2, 0.25) is 0 Å².